The molecule has 3 aromatic heterocycles. The van der Waals surface area contributed by atoms with Crippen molar-refractivity contribution >= 4 is 32.6 Å². The van der Waals surface area contributed by atoms with Crippen LogP contribution in [0.25, 0.3) is 10.9 Å². The predicted octanol–water partition coefficient (Wildman–Crippen LogP) is 3.34. The monoisotopic (exact) mass is 518 g/mol. The number of nitrogens with zero attached hydrogens (tertiary/aromatic N) is 3. The lowest BCUT2D eigenvalue weighted by molar-refractivity contribution is 0.0957. The minimum Gasteiger partial charge on any atom is -0.380 e. The van der Waals surface area contributed by atoms with Gasteiger partial charge in [-0.25, -0.2) is 17.4 Å². The Morgan fingerprint density at radius 3 is 2.57 bits per heavy atom. The van der Waals surface area contributed by atoms with Gasteiger partial charge in [-0.05, 0) is 54.7 Å². The molecule has 1 saturated carbocycles. The average molecular weight is 519 g/mol. The number of hydrogen-bond acceptors (Lipinski definition) is 7. The molecule has 4 aromatic rings. The molecule has 2 N–H and O–H groups in total. The first kappa shape index (κ1) is 24.8. The summed E-state index contributed by atoms with van der Waals surface area (Å²) < 4.78 is 27.6. The first-order valence-electron chi connectivity index (χ1n) is 11.9. The van der Waals surface area contributed by atoms with Crippen LogP contribution < -0.4 is 5.32 Å². The molecule has 0 bridgehead atoms. The Kier molecular flexibility index (Phi) is 6.38. The molecule has 3 atom stereocenters. The highest BCUT2D eigenvalue weighted by Gasteiger charge is 2.35. The molecule has 1 unspecified atom stereocenters. The van der Waals surface area contributed by atoms with Crippen LogP contribution in [0.15, 0.2) is 71.9 Å². The van der Waals surface area contributed by atoms with Gasteiger partial charge in [0.2, 0.25) is 0 Å². The number of nitrogens with one attached hydrogen (secondary N) is 1. The second-order valence-electron chi connectivity index (χ2n) is 9.31. The highest BCUT2D eigenvalue weighted by molar-refractivity contribution is 7.90. The number of pyridine rings is 2. The zero-order valence-electron chi connectivity index (χ0n) is 20.3. The first-order chi connectivity index (χ1) is 17.7. The lowest BCUT2D eigenvalue weighted by Gasteiger charge is -2.14. The Hall–Kier alpha value is -3.89. The van der Waals surface area contributed by atoms with Crippen LogP contribution in [0.2, 0.25) is 0 Å². The van der Waals surface area contributed by atoms with Crippen molar-refractivity contribution in [1.29, 1.82) is 0 Å². The summed E-state index contributed by atoms with van der Waals surface area (Å²) in [7, 11) is -2.43. The van der Waals surface area contributed by atoms with Gasteiger partial charge in [-0.15, -0.1) is 0 Å². The molecular formula is C27H26N4O5S. The van der Waals surface area contributed by atoms with Gasteiger partial charge < -0.3 is 10.4 Å². The predicted molar refractivity (Wildman–Crippen MR) is 137 cm³/mol. The van der Waals surface area contributed by atoms with Crippen molar-refractivity contribution in [1.82, 2.24) is 19.3 Å². The molecule has 0 aliphatic heterocycles. The van der Waals surface area contributed by atoms with Gasteiger partial charge in [0.25, 0.3) is 15.9 Å². The number of aliphatic hydroxyl groups excluding tert-OH is 1. The van der Waals surface area contributed by atoms with Gasteiger partial charge >= 0.3 is 0 Å². The van der Waals surface area contributed by atoms with Crippen molar-refractivity contribution in [2.75, 3.05) is 7.05 Å². The molecule has 1 aliphatic rings. The Morgan fingerprint density at radius 1 is 1.16 bits per heavy atom. The van der Waals surface area contributed by atoms with Crippen molar-refractivity contribution < 1.29 is 23.1 Å². The summed E-state index contributed by atoms with van der Waals surface area (Å²) in [6.07, 6.45) is 2.76. The number of fused-ring (bicyclic) bond motifs is 1. The summed E-state index contributed by atoms with van der Waals surface area (Å²) in [5, 5.41) is 14.2. The number of carbonyl (C=O) groups is 2. The smallest absolute Gasteiger partial charge is 0.269 e. The van der Waals surface area contributed by atoms with Gasteiger partial charge in [0.1, 0.15) is 11.8 Å². The Bertz CT molecular complexity index is 1610. The molecule has 190 valence electrons. The number of Topliss-reactive ketones (excluding diaryl/α,β-unsaturated/α-hetero) is 1. The van der Waals surface area contributed by atoms with Crippen LogP contribution in [-0.4, -0.2) is 46.2 Å². The second kappa shape index (κ2) is 9.53. The third-order valence-corrected chi connectivity index (χ3v) is 8.51. The van der Waals surface area contributed by atoms with Crippen LogP contribution in [-0.2, 0) is 10.0 Å². The summed E-state index contributed by atoms with van der Waals surface area (Å²) in [4.78, 5) is 34.1. The van der Waals surface area contributed by atoms with Gasteiger partial charge in [-0.2, -0.15) is 0 Å². The fraction of sp³-hybridized carbons (Fsp3) is 0.259. The molecular weight excluding hydrogens is 492 g/mol. The number of aromatic nitrogens is 3. The highest BCUT2D eigenvalue weighted by atomic mass is 32.2. The van der Waals surface area contributed by atoms with Crippen LogP contribution in [0.3, 0.4) is 0 Å². The van der Waals surface area contributed by atoms with E-state index in [-0.39, 0.29) is 33.3 Å². The van der Waals surface area contributed by atoms with Gasteiger partial charge in [-0.3, -0.25) is 14.6 Å². The summed E-state index contributed by atoms with van der Waals surface area (Å²) in [6.45, 7) is 2.09. The molecule has 3 heterocycles. The fourth-order valence-corrected chi connectivity index (χ4v) is 5.84. The number of hydrogen-bond donors (Lipinski definition) is 2. The average Bonchev–Trinajstić information content (AvgIpc) is 3.42. The Balaban J connectivity index is 1.57. The van der Waals surface area contributed by atoms with Crippen molar-refractivity contribution in [3.8, 4) is 0 Å². The molecule has 5 rings (SSSR count). The van der Waals surface area contributed by atoms with Crippen molar-refractivity contribution in [2.24, 2.45) is 11.8 Å². The van der Waals surface area contributed by atoms with E-state index in [2.05, 4.69) is 22.2 Å². The zero-order valence-corrected chi connectivity index (χ0v) is 21.1. The number of amides is 1. The minimum absolute atomic E-state index is 0.00245. The SMILES string of the molecule is CNC(=O)c1cc(C(=O)C[C@H]2C[C@@H]2C)cc(C(O)c2nccc3c2ccn3S(=O)(=O)c2ccccc2)n1. The van der Waals surface area contributed by atoms with Crippen molar-refractivity contribution in [2.45, 2.75) is 30.8 Å². The molecule has 0 radical (unpaired) electrons. The zero-order chi connectivity index (χ0) is 26.3. The molecule has 9 nitrogen and oxygen atoms in total. The summed E-state index contributed by atoms with van der Waals surface area (Å²) in [6, 6.07) is 14.0. The van der Waals surface area contributed by atoms with Crippen molar-refractivity contribution in [3.63, 3.8) is 0 Å². The first-order valence-corrected chi connectivity index (χ1v) is 13.4. The molecule has 1 aliphatic carbocycles. The van der Waals surface area contributed by atoms with E-state index >= 15 is 0 Å². The fourth-order valence-electron chi connectivity index (χ4n) is 4.47. The Labute approximate surface area is 214 Å². The van der Waals surface area contributed by atoms with E-state index in [1.807, 2.05) is 0 Å². The Morgan fingerprint density at radius 2 is 1.89 bits per heavy atom. The highest BCUT2D eigenvalue weighted by Crippen LogP contribution is 2.41. The van der Waals surface area contributed by atoms with Gasteiger partial charge in [0.05, 0.1) is 21.8 Å². The standard InChI is InChI=1S/C27H26N4O5S/c1-16-12-17(16)15-24(32)18-13-21(30-22(14-18)27(34)28-2)26(33)25-20-9-11-31(23(20)8-10-29-25)37(35,36)19-6-4-3-5-7-19/h3-11,13-14,16-17,26,33H,12,15H2,1-2H3,(H,28,34)/t16-,17+,26?/m0/s1. The maximum absolute atomic E-state index is 13.2. The number of benzene rings is 1. The van der Waals surface area contributed by atoms with E-state index in [9.17, 15) is 23.1 Å². The molecule has 1 amide bonds. The summed E-state index contributed by atoms with van der Waals surface area (Å²) >= 11 is 0. The minimum atomic E-state index is -3.88. The van der Waals surface area contributed by atoms with Crippen LogP contribution in [0, 0.1) is 11.8 Å². The molecule has 1 aromatic carbocycles. The third kappa shape index (κ3) is 4.65. The van der Waals surface area contributed by atoms with E-state index < -0.39 is 22.0 Å². The molecule has 37 heavy (non-hydrogen) atoms. The van der Waals surface area contributed by atoms with E-state index in [4.69, 9.17) is 0 Å². The van der Waals surface area contributed by atoms with Crippen LogP contribution in [0.5, 0.6) is 0 Å². The topological polar surface area (TPSA) is 131 Å². The largest absolute Gasteiger partial charge is 0.380 e. The molecule has 0 spiro atoms. The maximum atomic E-state index is 13.2. The lowest BCUT2D eigenvalue weighted by Crippen LogP contribution is -2.21. The van der Waals surface area contributed by atoms with E-state index in [1.54, 1.807) is 30.3 Å². The number of carbonyl (C=O) groups excluding carboxylic acids is 2. The van der Waals surface area contributed by atoms with Gasteiger partial charge in [0, 0.05) is 36.8 Å². The number of ketones is 1. The normalized spacial score (nSPS) is 17.9. The molecule has 1 fully saturated rings. The quantitative estimate of drug-likeness (QED) is 0.342. The van der Waals surface area contributed by atoms with E-state index in [0.717, 1.165) is 10.4 Å². The molecule has 0 saturated heterocycles. The van der Waals surface area contributed by atoms with Gasteiger partial charge in [0.15, 0.2) is 5.78 Å². The lowest BCUT2D eigenvalue weighted by atomic mass is 10.0. The van der Waals surface area contributed by atoms with E-state index in [1.165, 1.54) is 43.7 Å². The third-order valence-electron chi connectivity index (χ3n) is 6.80. The van der Waals surface area contributed by atoms with Crippen LogP contribution in [0.1, 0.15) is 58.1 Å². The van der Waals surface area contributed by atoms with E-state index in [0.29, 0.717) is 29.2 Å². The molecule has 10 heteroatoms. The maximum Gasteiger partial charge on any atom is 0.269 e. The second-order valence-corrected chi connectivity index (χ2v) is 11.1. The van der Waals surface area contributed by atoms with Crippen LogP contribution in [0.4, 0.5) is 0 Å². The van der Waals surface area contributed by atoms with Gasteiger partial charge in [-0.1, -0.05) is 25.1 Å². The van der Waals surface area contributed by atoms with Crippen molar-refractivity contribution in [3.05, 3.63) is 89.6 Å². The summed E-state index contributed by atoms with van der Waals surface area (Å²) in [5.74, 6) is 0.197. The number of rotatable bonds is 8. The number of aliphatic hydroxyl groups is 1. The van der Waals surface area contributed by atoms with Crippen LogP contribution >= 0.6 is 0 Å². The summed E-state index contributed by atoms with van der Waals surface area (Å²) in [5.41, 5.74) is 0.859.